The van der Waals surface area contributed by atoms with Crippen molar-refractivity contribution >= 4 is 29.2 Å². The number of urea groups is 1. The Morgan fingerprint density at radius 3 is 2.45 bits per heavy atom. The standard InChI is InChI=1S/C13H19ClN4O2/c1-15-11-5-4-9(14)8-10(11)12(19)16-6-7-17-13(20)18(2)3/h4-5,8,15H,6-7H2,1-3H3,(H,16,19)(H,17,20). The Bertz CT molecular complexity index is 491. The molecule has 0 radical (unpaired) electrons. The van der Waals surface area contributed by atoms with Crippen LogP contribution < -0.4 is 16.0 Å². The summed E-state index contributed by atoms with van der Waals surface area (Å²) in [5.41, 5.74) is 1.17. The van der Waals surface area contributed by atoms with Crippen LogP contribution in [0.4, 0.5) is 10.5 Å². The molecule has 0 unspecified atom stereocenters. The predicted molar refractivity (Wildman–Crippen MR) is 80.4 cm³/mol. The zero-order valence-electron chi connectivity index (χ0n) is 11.8. The van der Waals surface area contributed by atoms with Crippen LogP contribution in [-0.4, -0.2) is 51.1 Å². The third-order valence-corrected chi connectivity index (χ3v) is 2.82. The average Bonchev–Trinajstić information content (AvgIpc) is 2.42. The lowest BCUT2D eigenvalue weighted by molar-refractivity contribution is 0.0954. The number of amides is 3. The third kappa shape index (κ3) is 4.62. The SMILES string of the molecule is CNc1ccc(Cl)cc1C(=O)NCCNC(=O)N(C)C. The second kappa shape index (κ2) is 7.59. The van der Waals surface area contributed by atoms with Gasteiger partial charge in [0.15, 0.2) is 0 Å². The summed E-state index contributed by atoms with van der Waals surface area (Å²) >= 11 is 5.89. The Morgan fingerprint density at radius 1 is 1.20 bits per heavy atom. The minimum Gasteiger partial charge on any atom is -0.387 e. The van der Waals surface area contributed by atoms with Gasteiger partial charge in [-0.15, -0.1) is 0 Å². The number of nitrogens with zero attached hydrogens (tertiary/aromatic N) is 1. The van der Waals surface area contributed by atoms with Crippen molar-refractivity contribution < 1.29 is 9.59 Å². The minimum atomic E-state index is -0.240. The van der Waals surface area contributed by atoms with Crippen LogP contribution in [0.2, 0.25) is 5.02 Å². The Labute approximate surface area is 123 Å². The number of halogens is 1. The molecule has 0 fully saturated rings. The molecule has 0 atom stereocenters. The summed E-state index contributed by atoms with van der Waals surface area (Å²) in [6.45, 7) is 0.701. The first-order valence-corrected chi connectivity index (χ1v) is 6.54. The van der Waals surface area contributed by atoms with Gasteiger partial charge in [0.2, 0.25) is 0 Å². The van der Waals surface area contributed by atoms with Crippen molar-refractivity contribution in [3.05, 3.63) is 28.8 Å². The zero-order valence-corrected chi connectivity index (χ0v) is 12.5. The molecule has 7 heteroatoms. The molecule has 0 aromatic heterocycles. The van der Waals surface area contributed by atoms with E-state index in [0.29, 0.717) is 29.4 Å². The highest BCUT2D eigenvalue weighted by Crippen LogP contribution is 2.19. The first-order valence-electron chi connectivity index (χ1n) is 6.16. The molecule has 6 nitrogen and oxygen atoms in total. The highest BCUT2D eigenvalue weighted by atomic mass is 35.5. The van der Waals surface area contributed by atoms with E-state index in [4.69, 9.17) is 11.6 Å². The smallest absolute Gasteiger partial charge is 0.316 e. The number of hydrogen-bond donors (Lipinski definition) is 3. The number of nitrogens with one attached hydrogen (secondary N) is 3. The van der Waals surface area contributed by atoms with E-state index in [1.54, 1.807) is 39.3 Å². The monoisotopic (exact) mass is 298 g/mol. The zero-order chi connectivity index (χ0) is 15.1. The number of rotatable bonds is 5. The van der Waals surface area contributed by atoms with E-state index in [-0.39, 0.29) is 11.9 Å². The Morgan fingerprint density at radius 2 is 1.85 bits per heavy atom. The summed E-state index contributed by atoms with van der Waals surface area (Å²) in [5, 5.41) is 8.81. The van der Waals surface area contributed by atoms with Gasteiger partial charge in [0.25, 0.3) is 5.91 Å². The maximum atomic E-state index is 12.0. The van der Waals surface area contributed by atoms with Gasteiger partial charge in [-0.2, -0.15) is 0 Å². The first kappa shape index (κ1) is 16.1. The second-order valence-electron chi connectivity index (χ2n) is 4.32. The Hall–Kier alpha value is -1.95. The van der Waals surface area contributed by atoms with Crippen LogP contribution >= 0.6 is 11.6 Å². The molecule has 0 saturated carbocycles. The molecule has 1 aromatic rings. The van der Waals surface area contributed by atoms with Crippen LogP contribution in [-0.2, 0) is 0 Å². The van der Waals surface area contributed by atoms with Crippen LogP contribution in [0.1, 0.15) is 10.4 Å². The molecule has 0 spiro atoms. The van der Waals surface area contributed by atoms with Gasteiger partial charge >= 0.3 is 6.03 Å². The summed E-state index contributed by atoms with van der Waals surface area (Å²) < 4.78 is 0. The fourth-order valence-corrected chi connectivity index (χ4v) is 1.69. The molecule has 0 bridgehead atoms. The molecule has 20 heavy (non-hydrogen) atoms. The lowest BCUT2D eigenvalue weighted by Gasteiger charge is -2.13. The van der Waals surface area contributed by atoms with Crippen LogP contribution in [0.15, 0.2) is 18.2 Å². The molecule has 1 aromatic carbocycles. The Kier molecular flexibility index (Phi) is 6.11. The normalized spacial score (nSPS) is 9.80. The lowest BCUT2D eigenvalue weighted by Crippen LogP contribution is -2.39. The van der Waals surface area contributed by atoms with E-state index >= 15 is 0 Å². The highest BCUT2D eigenvalue weighted by molar-refractivity contribution is 6.31. The summed E-state index contributed by atoms with van der Waals surface area (Å²) in [5.74, 6) is -0.240. The van der Waals surface area contributed by atoms with Crippen LogP contribution in [0.25, 0.3) is 0 Å². The van der Waals surface area contributed by atoms with Crippen molar-refractivity contribution in [2.75, 3.05) is 39.5 Å². The molecule has 0 heterocycles. The van der Waals surface area contributed by atoms with Gasteiger partial charge in [-0.1, -0.05) is 11.6 Å². The van der Waals surface area contributed by atoms with Gasteiger partial charge in [-0.05, 0) is 18.2 Å². The number of carbonyl (C=O) groups excluding carboxylic acids is 2. The fourth-order valence-electron chi connectivity index (χ4n) is 1.52. The molecule has 110 valence electrons. The van der Waals surface area contributed by atoms with E-state index in [1.165, 1.54) is 4.90 Å². The second-order valence-corrected chi connectivity index (χ2v) is 4.76. The lowest BCUT2D eigenvalue weighted by atomic mass is 10.1. The summed E-state index contributed by atoms with van der Waals surface area (Å²) in [7, 11) is 5.04. The van der Waals surface area contributed by atoms with Gasteiger partial charge in [0.1, 0.15) is 0 Å². The van der Waals surface area contributed by atoms with E-state index in [0.717, 1.165) is 0 Å². The van der Waals surface area contributed by atoms with E-state index in [9.17, 15) is 9.59 Å². The maximum Gasteiger partial charge on any atom is 0.316 e. The number of carbonyl (C=O) groups is 2. The topological polar surface area (TPSA) is 73.5 Å². The largest absolute Gasteiger partial charge is 0.387 e. The minimum absolute atomic E-state index is 0.196. The number of hydrogen-bond acceptors (Lipinski definition) is 3. The average molecular weight is 299 g/mol. The van der Waals surface area contributed by atoms with Gasteiger partial charge in [-0.3, -0.25) is 4.79 Å². The summed E-state index contributed by atoms with van der Waals surface area (Å²) in [4.78, 5) is 24.7. The quantitative estimate of drug-likeness (QED) is 0.719. The van der Waals surface area contributed by atoms with Crippen molar-refractivity contribution in [1.29, 1.82) is 0 Å². The van der Waals surface area contributed by atoms with E-state index in [1.807, 2.05) is 0 Å². The first-order chi connectivity index (χ1) is 9.45. The third-order valence-electron chi connectivity index (χ3n) is 2.59. The molecular formula is C13H19ClN4O2. The van der Waals surface area contributed by atoms with Crippen LogP contribution in [0.5, 0.6) is 0 Å². The summed E-state index contributed by atoms with van der Waals surface area (Å²) in [6.07, 6.45) is 0. The van der Waals surface area contributed by atoms with Crippen molar-refractivity contribution in [1.82, 2.24) is 15.5 Å². The highest BCUT2D eigenvalue weighted by Gasteiger charge is 2.11. The molecule has 0 aliphatic heterocycles. The molecule has 1 rings (SSSR count). The van der Waals surface area contributed by atoms with Gasteiger partial charge in [0.05, 0.1) is 5.56 Å². The molecule has 3 N–H and O–H groups in total. The van der Waals surface area contributed by atoms with Gasteiger partial charge in [-0.25, -0.2) is 4.79 Å². The molecule has 0 aliphatic rings. The number of benzene rings is 1. The van der Waals surface area contributed by atoms with E-state index in [2.05, 4.69) is 16.0 Å². The molecular weight excluding hydrogens is 280 g/mol. The number of anilines is 1. The van der Waals surface area contributed by atoms with Crippen molar-refractivity contribution in [2.45, 2.75) is 0 Å². The molecule has 0 aliphatic carbocycles. The Balaban J connectivity index is 2.51. The van der Waals surface area contributed by atoms with Crippen molar-refractivity contribution in [3.8, 4) is 0 Å². The van der Waals surface area contributed by atoms with Gasteiger partial charge < -0.3 is 20.9 Å². The molecule has 3 amide bonds. The maximum absolute atomic E-state index is 12.0. The van der Waals surface area contributed by atoms with Gasteiger partial charge in [0, 0.05) is 44.9 Å². The van der Waals surface area contributed by atoms with E-state index < -0.39 is 0 Å². The summed E-state index contributed by atoms with van der Waals surface area (Å²) in [6, 6.07) is 4.85. The predicted octanol–water partition coefficient (Wildman–Crippen LogP) is 1.38. The van der Waals surface area contributed by atoms with Crippen molar-refractivity contribution in [2.24, 2.45) is 0 Å². The van der Waals surface area contributed by atoms with Crippen molar-refractivity contribution in [3.63, 3.8) is 0 Å². The molecule has 0 saturated heterocycles. The van der Waals surface area contributed by atoms with Crippen LogP contribution in [0.3, 0.4) is 0 Å². The fraction of sp³-hybridized carbons (Fsp3) is 0.385. The van der Waals surface area contributed by atoms with Crippen LogP contribution in [0, 0.1) is 0 Å².